The van der Waals surface area contributed by atoms with Gasteiger partial charge in [0.15, 0.2) is 5.78 Å². The van der Waals surface area contributed by atoms with E-state index in [4.69, 9.17) is 15.2 Å². The Balaban J connectivity index is 1.66. The SMILES string of the molecule is C[C@@H]1OC[C@H]2OC(N)=N[C@](CF)(c3cc(CC(=O)c4cnc(OCF)cn4)ccc3F)[C@@H]12. The van der Waals surface area contributed by atoms with E-state index < -0.39 is 48.8 Å². The van der Waals surface area contributed by atoms with Crippen LogP contribution in [0, 0.1) is 11.7 Å². The third-order valence-corrected chi connectivity index (χ3v) is 5.74. The van der Waals surface area contributed by atoms with Gasteiger partial charge in [-0.3, -0.25) is 4.79 Å². The summed E-state index contributed by atoms with van der Waals surface area (Å²) in [5, 5.41) is 0. The first-order chi connectivity index (χ1) is 15.4. The van der Waals surface area contributed by atoms with Crippen molar-refractivity contribution < 1.29 is 32.2 Å². The number of alkyl halides is 2. The number of nitrogens with zero attached hydrogens (tertiary/aromatic N) is 3. The minimum absolute atomic E-state index is 0.0218. The van der Waals surface area contributed by atoms with Crippen LogP contribution in [-0.2, 0) is 21.4 Å². The number of nitrogens with two attached hydrogens (primary N) is 1. The van der Waals surface area contributed by atoms with Gasteiger partial charge in [0.05, 0.1) is 31.0 Å². The average molecular weight is 450 g/mol. The fourth-order valence-electron chi connectivity index (χ4n) is 4.32. The van der Waals surface area contributed by atoms with Gasteiger partial charge in [-0.25, -0.2) is 28.1 Å². The van der Waals surface area contributed by atoms with Crippen LogP contribution in [0.4, 0.5) is 13.2 Å². The molecule has 0 amide bonds. The molecule has 1 aromatic carbocycles. The lowest BCUT2D eigenvalue weighted by Gasteiger charge is -2.41. The summed E-state index contributed by atoms with van der Waals surface area (Å²) in [6.45, 7) is -0.165. The Labute approximate surface area is 181 Å². The smallest absolute Gasteiger partial charge is 0.283 e. The third-order valence-electron chi connectivity index (χ3n) is 5.74. The number of hydrogen-bond acceptors (Lipinski definition) is 8. The van der Waals surface area contributed by atoms with Gasteiger partial charge in [-0.05, 0) is 24.6 Å². The number of rotatable bonds is 7. The zero-order valence-corrected chi connectivity index (χ0v) is 17.1. The van der Waals surface area contributed by atoms with Crippen LogP contribution >= 0.6 is 0 Å². The van der Waals surface area contributed by atoms with E-state index in [2.05, 4.69) is 19.7 Å². The van der Waals surface area contributed by atoms with Crippen molar-refractivity contribution >= 4 is 11.8 Å². The van der Waals surface area contributed by atoms with Gasteiger partial charge in [-0.1, -0.05) is 6.07 Å². The van der Waals surface area contributed by atoms with Crippen LogP contribution in [0.3, 0.4) is 0 Å². The van der Waals surface area contributed by atoms with Gasteiger partial charge < -0.3 is 19.9 Å². The molecular formula is C21H21F3N4O4. The second-order valence-corrected chi connectivity index (χ2v) is 7.64. The second kappa shape index (κ2) is 8.73. The number of ether oxygens (including phenoxy) is 3. The molecule has 0 aliphatic carbocycles. The fraction of sp³-hybridized carbons (Fsp3) is 0.429. The maximum Gasteiger partial charge on any atom is 0.283 e. The summed E-state index contributed by atoms with van der Waals surface area (Å²) in [6.07, 6.45) is 1.12. The highest BCUT2D eigenvalue weighted by atomic mass is 19.1. The Kier molecular flexibility index (Phi) is 6.00. The molecule has 2 aromatic rings. The molecule has 0 spiro atoms. The van der Waals surface area contributed by atoms with E-state index in [1.165, 1.54) is 12.1 Å². The van der Waals surface area contributed by atoms with E-state index in [0.717, 1.165) is 18.5 Å². The predicted octanol–water partition coefficient (Wildman–Crippen LogP) is 2.26. The Morgan fingerprint density at radius 1 is 1.31 bits per heavy atom. The number of carbonyl (C=O) groups excluding carboxylic acids is 1. The van der Waals surface area contributed by atoms with E-state index in [1.54, 1.807) is 6.92 Å². The highest BCUT2D eigenvalue weighted by Gasteiger charge is 2.56. The van der Waals surface area contributed by atoms with Gasteiger partial charge in [0.2, 0.25) is 12.7 Å². The van der Waals surface area contributed by atoms with E-state index >= 15 is 0 Å². The Morgan fingerprint density at radius 3 is 2.81 bits per heavy atom. The first-order valence-corrected chi connectivity index (χ1v) is 9.90. The zero-order chi connectivity index (χ0) is 22.9. The Morgan fingerprint density at radius 2 is 2.12 bits per heavy atom. The monoisotopic (exact) mass is 450 g/mol. The van der Waals surface area contributed by atoms with Crippen molar-refractivity contribution in [2.45, 2.75) is 31.1 Å². The standard InChI is InChI=1S/C21H21F3N4O4/c1-11-19-17(8-30-11)32-20(25)28-21(19,9-22)13-4-12(2-3-14(13)24)5-16(29)15-6-27-18(7-26-15)31-10-23/h2-4,6-7,11,17,19H,5,8-10H2,1H3,(H2,25,28)/t11-,17+,19-,21+/m0/s1. The molecule has 4 atom stereocenters. The number of ketones is 1. The van der Waals surface area contributed by atoms with Crippen LogP contribution in [0.1, 0.15) is 28.5 Å². The lowest BCUT2D eigenvalue weighted by Crippen LogP contribution is -2.52. The van der Waals surface area contributed by atoms with E-state index in [9.17, 15) is 18.0 Å². The molecule has 4 rings (SSSR count). The number of aromatic nitrogens is 2. The lowest BCUT2D eigenvalue weighted by molar-refractivity contribution is 0.0428. The Bertz CT molecular complexity index is 1040. The molecule has 8 nitrogen and oxygen atoms in total. The van der Waals surface area contributed by atoms with Crippen molar-refractivity contribution in [2.75, 3.05) is 20.1 Å². The van der Waals surface area contributed by atoms with Crippen molar-refractivity contribution in [1.82, 2.24) is 9.97 Å². The number of carbonyl (C=O) groups is 1. The number of benzene rings is 1. The number of amidine groups is 1. The van der Waals surface area contributed by atoms with E-state index in [1.807, 2.05) is 0 Å². The maximum absolute atomic E-state index is 15.0. The molecule has 170 valence electrons. The number of aliphatic imine (C=N–C) groups is 1. The van der Waals surface area contributed by atoms with Crippen molar-refractivity contribution in [1.29, 1.82) is 0 Å². The molecule has 1 saturated heterocycles. The quantitative estimate of drug-likeness (QED) is 0.645. The summed E-state index contributed by atoms with van der Waals surface area (Å²) in [5.74, 6) is -1.76. The van der Waals surface area contributed by atoms with Crippen molar-refractivity contribution in [3.8, 4) is 5.88 Å². The number of fused-ring (bicyclic) bond motifs is 1. The van der Waals surface area contributed by atoms with Gasteiger partial charge in [0.25, 0.3) is 6.02 Å². The molecule has 3 heterocycles. The van der Waals surface area contributed by atoms with Crippen LogP contribution in [0.25, 0.3) is 0 Å². The number of Topliss-reactive ketones (excluding diaryl/α,β-unsaturated/α-hetero) is 1. The molecule has 1 fully saturated rings. The zero-order valence-electron chi connectivity index (χ0n) is 17.1. The normalized spacial score (nSPS) is 26.8. The number of hydrogen-bond donors (Lipinski definition) is 1. The summed E-state index contributed by atoms with van der Waals surface area (Å²) >= 11 is 0. The van der Waals surface area contributed by atoms with Gasteiger partial charge in [0.1, 0.15) is 29.8 Å². The van der Waals surface area contributed by atoms with Crippen molar-refractivity contribution in [2.24, 2.45) is 16.6 Å². The molecule has 11 heteroatoms. The van der Waals surface area contributed by atoms with Gasteiger partial charge >= 0.3 is 0 Å². The summed E-state index contributed by atoms with van der Waals surface area (Å²) in [4.78, 5) is 24.5. The first-order valence-electron chi connectivity index (χ1n) is 9.90. The van der Waals surface area contributed by atoms with Gasteiger partial charge in [-0.2, -0.15) is 0 Å². The first kappa shape index (κ1) is 22.0. The highest BCUT2D eigenvalue weighted by molar-refractivity contribution is 5.95. The molecule has 2 aliphatic heterocycles. The summed E-state index contributed by atoms with van der Waals surface area (Å²) in [6, 6.07) is 3.75. The number of halogens is 3. The summed E-state index contributed by atoms with van der Waals surface area (Å²) in [5.41, 5.74) is 4.56. The van der Waals surface area contributed by atoms with Gasteiger partial charge in [0, 0.05) is 12.0 Å². The minimum atomic E-state index is -1.64. The van der Waals surface area contributed by atoms with Crippen LogP contribution in [-0.4, -0.2) is 54.1 Å². The van der Waals surface area contributed by atoms with Gasteiger partial charge in [-0.15, -0.1) is 0 Å². The average Bonchev–Trinajstić information content (AvgIpc) is 3.16. The summed E-state index contributed by atoms with van der Waals surface area (Å²) < 4.78 is 57.4. The molecular weight excluding hydrogens is 429 g/mol. The molecule has 0 radical (unpaired) electrons. The predicted molar refractivity (Wildman–Crippen MR) is 106 cm³/mol. The van der Waals surface area contributed by atoms with Crippen LogP contribution < -0.4 is 10.5 Å². The molecule has 2 N–H and O–H groups in total. The van der Waals surface area contributed by atoms with Crippen molar-refractivity contribution in [3.63, 3.8) is 0 Å². The summed E-state index contributed by atoms with van der Waals surface area (Å²) in [7, 11) is 0. The van der Waals surface area contributed by atoms with E-state index in [0.29, 0.717) is 5.56 Å². The molecule has 0 unspecified atom stereocenters. The maximum atomic E-state index is 15.0. The molecule has 0 bridgehead atoms. The van der Waals surface area contributed by atoms with Crippen LogP contribution in [0.5, 0.6) is 5.88 Å². The Hall–Kier alpha value is -3.21. The largest absolute Gasteiger partial charge is 0.459 e. The lowest BCUT2D eigenvalue weighted by atomic mass is 9.73. The topological polar surface area (TPSA) is 109 Å². The third kappa shape index (κ3) is 3.88. The highest BCUT2D eigenvalue weighted by Crippen LogP contribution is 2.46. The van der Waals surface area contributed by atoms with Crippen LogP contribution in [0.15, 0.2) is 35.6 Å². The minimum Gasteiger partial charge on any atom is -0.459 e. The van der Waals surface area contributed by atoms with Crippen molar-refractivity contribution in [3.05, 3.63) is 53.2 Å². The molecule has 1 aromatic heterocycles. The molecule has 2 aliphatic rings. The van der Waals surface area contributed by atoms with E-state index in [-0.39, 0.29) is 36.2 Å². The molecule has 0 saturated carbocycles. The van der Waals surface area contributed by atoms with Crippen LogP contribution in [0.2, 0.25) is 0 Å². The fourth-order valence-corrected chi connectivity index (χ4v) is 4.32. The second-order valence-electron chi connectivity index (χ2n) is 7.64. The molecule has 32 heavy (non-hydrogen) atoms.